The number of para-hydroxylation sites is 1. The van der Waals surface area contributed by atoms with Crippen molar-refractivity contribution < 1.29 is 13.2 Å². The van der Waals surface area contributed by atoms with Gasteiger partial charge in [0, 0.05) is 23.5 Å². The number of nitrogens with zero attached hydrogens (tertiary/aromatic N) is 2. The summed E-state index contributed by atoms with van der Waals surface area (Å²) in [6.45, 7) is 3.92. The van der Waals surface area contributed by atoms with Crippen LogP contribution in [0.2, 0.25) is 0 Å². The number of fused-ring (bicyclic) bond motifs is 1. The van der Waals surface area contributed by atoms with Crippen LogP contribution in [0.5, 0.6) is 5.75 Å². The number of hydrogen-bond acceptors (Lipinski definition) is 6. The molecule has 130 valence electrons. The fraction of sp³-hybridized carbons (Fsp3) is 0.222. The van der Waals surface area contributed by atoms with Crippen molar-refractivity contribution in [2.75, 3.05) is 11.6 Å². The summed E-state index contributed by atoms with van der Waals surface area (Å²) in [6.07, 6.45) is 2.95. The summed E-state index contributed by atoms with van der Waals surface area (Å²) in [5.41, 5.74) is 1.43. The summed E-state index contributed by atoms with van der Waals surface area (Å²) in [4.78, 5) is 9.10. The first-order valence-electron chi connectivity index (χ1n) is 7.82. The van der Waals surface area contributed by atoms with Crippen LogP contribution in [0.25, 0.3) is 10.9 Å². The Kier molecular flexibility index (Phi) is 4.59. The highest BCUT2D eigenvalue weighted by molar-refractivity contribution is 7.90. The average Bonchev–Trinajstić information content (AvgIpc) is 2.54. The molecule has 3 aromatic rings. The van der Waals surface area contributed by atoms with Gasteiger partial charge in [-0.15, -0.1) is 0 Å². The third-order valence-electron chi connectivity index (χ3n) is 3.48. The Morgan fingerprint density at radius 1 is 1.08 bits per heavy atom. The number of anilines is 2. The van der Waals surface area contributed by atoms with Crippen molar-refractivity contribution in [3.8, 4) is 5.75 Å². The van der Waals surface area contributed by atoms with Crippen molar-refractivity contribution in [1.82, 2.24) is 9.97 Å². The molecule has 25 heavy (non-hydrogen) atoms. The van der Waals surface area contributed by atoms with Crippen molar-refractivity contribution in [1.29, 1.82) is 0 Å². The molecule has 0 radical (unpaired) electrons. The number of sulfone groups is 1. The topological polar surface area (TPSA) is 81.2 Å². The maximum atomic E-state index is 11.5. The first-order chi connectivity index (χ1) is 11.8. The van der Waals surface area contributed by atoms with Gasteiger partial charge in [0.15, 0.2) is 9.84 Å². The van der Waals surface area contributed by atoms with Crippen LogP contribution >= 0.6 is 0 Å². The van der Waals surface area contributed by atoms with Crippen molar-refractivity contribution >= 4 is 32.4 Å². The van der Waals surface area contributed by atoms with Gasteiger partial charge in [0.1, 0.15) is 11.3 Å². The van der Waals surface area contributed by atoms with Gasteiger partial charge < -0.3 is 10.1 Å². The normalized spacial score (nSPS) is 11.7. The highest BCUT2D eigenvalue weighted by atomic mass is 32.2. The molecular formula is C18H19N3O3S. The van der Waals surface area contributed by atoms with Gasteiger partial charge in [-0.25, -0.2) is 18.4 Å². The number of rotatable bonds is 5. The van der Waals surface area contributed by atoms with Crippen LogP contribution in [0.1, 0.15) is 13.8 Å². The van der Waals surface area contributed by atoms with E-state index in [-0.39, 0.29) is 11.0 Å². The summed E-state index contributed by atoms with van der Waals surface area (Å²) < 4.78 is 28.8. The van der Waals surface area contributed by atoms with E-state index < -0.39 is 9.84 Å². The third kappa shape index (κ3) is 4.06. The van der Waals surface area contributed by atoms with E-state index in [1.165, 1.54) is 6.26 Å². The average molecular weight is 357 g/mol. The summed E-state index contributed by atoms with van der Waals surface area (Å²) in [5, 5.41) is 3.97. The number of ether oxygens (including phenoxy) is 1. The Bertz CT molecular complexity index is 1000. The minimum Gasteiger partial charge on any atom is -0.489 e. The molecule has 3 rings (SSSR count). The van der Waals surface area contributed by atoms with E-state index in [0.29, 0.717) is 17.4 Å². The Balaban J connectivity index is 1.91. The summed E-state index contributed by atoms with van der Waals surface area (Å²) in [6, 6.07) is 12.2. The summed E-state index contributed by atoms with van der Waals surface area (Å²) in [5.74, 6) is 1.12. The van der Waals surface area contributed by atoms with Crippen LogP contribution in [0.3, 0.4) is 0 Å². The largest absolute Gasteiger partial charge is 0.489 e. The van der Waals surface area contributed by atoms with Gasteiger partial charge in [0.05, 0.1) is 11.0 Å². The van der Waals surface area contributed by atoms with E-state index in [2.05, 4.69) is 15.3 Å². The maximum absolute atomic E-state index is 11.5. The number of nitrogens with one attached hydrogen (secondary N) is 1. The SMILES string of the molecule is CC(C)Oc1cccc2cnc(Nc3ccc(S(C)(=O)=O)cc3)nc12. The van der Waals surface area contributed by atoms with Crippen LogP contribution in [0, 0.1) is 0 Å². The molecule has 0 spiro atoms. The van der Waals surface area contributed by atoms with Crippen molar-refractivity contribution in [3.63, 3.8) is 0 Å². The summed E-state index contributed by atoms with van der Waals surface area (Å²) >= 11 is 0. The standard InChI is InChI=1S/C18H19N3O3S/c1-12(2)24-16-6-4-5-13-11-19-18(21-17(13)16)20-14-7-9-15(10-8-14)25(3,22)23/h4-12H,1-3H3,(H,19,20,21). The molecule has 0 unspecified atom stereocenters. The van der Waals surface area contributed by atoms with Crippen molar-refractivity contribution in [2.24, 2.45) is 0 Å². The minimum absolute atomic E-state index is 0.0421. The molecule has 0 bridgehead atoms. The quantitative estimate of drug-likeness (QED) is 0.752. The molecule has 0 aliphatic heterocycles. The number of aromatic nitrogens is 2. The molecule has 0 saturated carbocycles. The fourth-order valence-corrected chi connectivity index (χ4v) is 2.98. The van der Waals surface area contributed by atoms with E-state index in [9.17, 15) is 8.42 Å². The lowest BCUT2D eigenvalue weighted by Crippen LogP contribution is -2.06. The van der Waals surface area contributed by atoms with Crippen LogP contribution < -0.4 is 10.1 Å². The molecule has 7 heteroatoms. The molecule has 1 heterocycles. The van der Waals surface area contributed by atoms with E-state index in [0.717, 1.165) is 10.9 Å². The molecule has 2 aromatic carbocycles. The zero-order valence-electron chi connectivity index (χ0n) is 14.2. The van der Waals surface area contributed by atoms with E-state index >= 15 is 0 Å². The molecule has 1 aromatic heterocycles. The van der Waals surface area contributed by atoms with Crippen LogP contribution in [-0.4, -0.2) is 30.7 Å². The van der Waals surface area contributed by atoms with Crippen molar-refractivity contribution in [2.45, 2.75) is 24.8 Å². The van der Waals surface area contributed by atoms with Gasteiger partial charge in [-0.05, 0) is 44.2 Å². The highest BCUT2D eigenvalue weighted by Crippen LogP contribution is 2.26. The van der Waals surface area contributed by atoms with Gasteiger partial charge in [-0.1, -0.05) is 12.1 Å². The molecule has 0 amide bonds. The minimum atomic E-state index is -3.21. The Morgan fingerprint density at radius 3 is 2.44 bits per heavy atom. The second-order valence-corrected chi connectivity index (χ2v) is 7.99. The first kappa shape index (κ1) is 17.2. The van der Waals surface area contributed by atoms with E-state index in [1.807, 2.05) is 32.0 Å². The molecular weight excluding hydrogens is 338 g/mol. The van der Waals surface area contributed by atoms with Crippen LogP contribution in [0.15, 0.2) is 53.6 Å². The molecule has 0 saturated heterocycles. The second-order valence-electron chi connectivity index (χ2n) is 5.98. The van der Waals surface area contributed by atoms with E-state index in [4.69, 9.17) is 4.74 Å². The Labute approximate surface area is 146 Å². The van der Waals surface area contributed by atoms with Gasteiger partial charge in [-0.2, -0.15) is 0 Å². The van der Waals surface area contributed by atoms with Crippen LogP contribution in [-0.2, 0) is 9.84 Å². The predicted molar refractivity (Wildman–Crippen MR) is 98.1 cm³/mol. The molecule has 0 fully saturated rings. The van der Waals surface area contributed by atoms with Crippen LogP contribution in [0.4, 0.5) is 11.6 Å². The smallest absolute Gasteiger partial charge is 0.227 e. The predicted octanol–water partition coefficient (Wildman–Crippen LogP) is 3.56. The third-order valence-corrected chi connectivity index (χ3v) is 4.60. The fourth-order valence-electron chi connectivity index (χ4n) is 2.35. The zero-order valence-corrected chi connectivity index (χ0v) is 15.0. The van der Waals surface area contributed by atoms with Gasteiger partial charge >= 0.3 is 0 Å². The lowest BCUT2D eigenvalue weighted by Gasteiger charge is -2.12. The second kappa shape index (κ2) is 6.68. The number of hydrogen-bond donors (Lipinski definition) is 1. The van der Waals surface area contributed by atoms with Gasteiger partial charge in [-0.3, -0.25) is 0 Å². The maximum Gasteiger partial charge on any atom is 0.227 e. The van der Waals surface area contributed by atoms with Gasteiger partial charge in [0.2, 0.25) is 5.95 Å². The Morgan fingerprint density at radius 2 is 1.80 bits per heavy atom. The lowest BCUT2D eigenvalue weighted by molar-refractivity contribution is 0.245. The molecule has 0 aliphatic rings. The molecule has 6 nitrogen and oxygen atoms in total. The van der Waals surface area contributed by atoms with E-state index in [1.54, 1.807) is 30.5 Å². The Hall–Kier alpha value is -2.67. The molecule has 0 atom stereocenters. The monoisotopic (exact) mass is 357 g/mol. The number of benzene rings is 2. The first-order valence-corrected chi connectivity index (χ1v) is 9.71. The highest BCUT2D eigenvalue weighted by Gasteiger charge is 2.09. The molecule has 1 N–H and O–H groups in total. The van der Waals surface area contributed by atoms with Crippen molar-refractivity contribution in [3.05, 3.63) is 48.7 Å². The van der Waals surface area contributed by atoms with Gasteiger partial charge in [0.25, 0.3) is 0 Å². The zero-order chi connectivity index (χ0) is 18.0. The molecule has 0 aliphatic carbocycles. The lowest BCUT2D eigenvalue weighted by atomic mass is 10.2. The summed E-state index contributed by atoms with van der Waals surface area (Å²) in [7, 11) is -3.21.